The van der Waals surface area contributed by atoms with Crippen molar-refractivity contribution in [3.8, 4) is 11.4 Å². The molecular formula is C25H24Cl3N3O2. The molecule has 5 nitrogen and oxygen atoms in total. The number of carbonyl (C=O) groups is 1. The highest BCUT2D eigenvalue weighted by molar-refractivity contribution is 6.38. The van der Waals surface area contributed by atoms with E-state index in [1.165, 1.54) is 0 Å². The van der Waals surface area contributed by atoms with E-state index in [-0.39, 0.29) is 11.8 Å². The summed E-state index contributed by atoms with van der Waals surface area (Å²) in [6.45, 7) is 1.34. The van der Waals surface area contributed by atoms with Crippen LogP contribution in [-0.4, -0.2) is 34.0 Å². The zero-order valence-electron chi connectivity index (χ0n) is 18.1. The van der Waals surface area contributed by atoms with Crippen LogP contribution in [0.1, 0.15) is 55.9 Å². The highest BCUT2D eigenvalue weighted by atomic mass is 35.5. The standard InChI is InChI=1S/C25H24Cl3N3O2/c26-18-8-6-17(7-9-18)25(12-1-2-13-25)24(32)31-14-10-16(11-15-31)23-29-22(30-33-23)21-19(27)4-3-5-20(21)28/h3-9,16H,1-2,10-15H2. The third-order valence-corrected chi connectivity index (χ3v) is 7.90. The normalized spacial score (nSPS) is 18.6. The predicted octanol–water partition coefficient (Wildman–Crippen LogP) is 6.91. The van der Waals surface area contributed by atoms with Crippen molar-refractivity contribution in [2.24, 2.45) is 0 Å². The van der Waals surface area contributed by atoms with Gasteiger partial charge in [-0.15, -0.1) is 0 Å². The van der Waals surface area contributed by atoms with Crippen LogP contribution in [0.15, 0.2) is 47.0 Å². The number of piperidine rings is 1. The lowest BCUT2D eigenvalue weighted by atomic mass is 9.77. The molecule has 0 radical (unpaired) electrons. The summed E-state index contributed by atoms with van der Waals surface area (Å²) in [4.78, 5) is 20.3. The molecule has 0 atom stereocenters. The Morgan fingerprint density at radius 2 is 1.61 bits per heavy atom. The van der Waals surface area contributed by atoms with Gasteiger partial charge in [-0.1, -0.05) is 71.0 Å². The van der Waals surface area contributed by atoms with Crippen LogP contribution in [0.4, 0.5) is 0 Å². The van der Waals surface area contributed by atoms with Gasteiger partial charge in [0, 0.05) is 24.0 Å². The third kappa shape index (κ3) is 4.27. The molecule has 1 saturated carbocycles. The average molecular weight is 505 g/mol. The molecule has 0 unspecified atom stereocenters. The highest BCUT2D eigenvalue weighted by Gasteiger charge is 2.45. The quantitative estimate of drug-likeness (QED) is 0.387. The number of benzene rings is 2. The fourth-order valence-electron chi connectivity index (χ4n) is 5.22. The molecule has 8 heteroatoms. The Morgan fingerprint density at radius 1 is 0.970 bits per heavy atom. The zero-order valence-corrected chi connectivity index (χ0v) is 20.3. The van der Waals surface area contributed by atoms with Gasteiger partial charge in [-0.2, -0.15) is 4.98 Å². The van der Waals surface area contributed by atoms with Crippen molar-refractivity contribution in [1.82, 2.24) is 15.0 Å². The number of nitrogens with zero attached hydrogens (tertiary/aromatic N) is 3. The van der Waals surface area contributed by atoms with Gasteiger partial charge in [0.2, 0.25) is 17.6 Å². The van der Waals surface area contributed by atoms with E-state index in [2.05, 4.69) is 10.1 Å². The van der Waals surface area contributed by atoms with Crippen molar-refractivity contribution >= 4 is 40.7 Å². The molecule has 3 aromatic rings. The number of rotatable bonds is 4. The molecule has 1 amide bonds. The Bertz CT molecular complexity index is 1130. The minimum Gasteiger partial charge on any atom is -0.342 e. The fraction of sp³-hybridized carbons (Fsp3) is 0.400. The average Bonchev–Trinajstić information content (AvgIpc) is 3.50. The molecule has 2 heterocycles. The largest absolute Gasteiger partial charge is 0.342 e. The van der Waals surface area contributed by atoms with E-state index in [1.54, 1.807) is 18.2 Å². The summed E-state index contributed by atoms with van der Waals surface area (Å²) in [6, 6.07) is 13.1. The molecule has 2 aromatic carbocycles. The van der Waals surface area contributed by atoms with Gasteiger partial charge < -0.3 is 9.42 Å². The van der Waals surface area contributed by atoms with Crippen LogP contribution in [0, 0.1) is 0 Å². The van der Waals surface area contributed by atoms with Crippen molar-refractivity contribution in [2.45, 2.75) is 49.9 Å². The zero-order chi connectivity index (χ0) is 23.0. The van der Waals surface area contributed by atoms with Gasteiger partial charge in [0.25, 0.3) is 0 Å². The van der Waals surface area contributed by atoms with Crippen molar-refractivity contribution in [3.63, 3.8) is 0 Å². The summed E-state index contributed by atoms with van der Waals surface area (Å²) in [5.74, 6) is 1.30. The van der Waals surface area contributed by atoms with E-state index in [9.17, 15) is 4.79 Å². The molecule has 2 fully saturated rings. The van der Waals surface area contributed by atoms with Gasteiger partial charge in [0.15, 0.2) is 0 Å². The number of halogens is 3. The van der Waals surface area contributed by atoms with Crippen LogP contribution in [0.3, 0.4) is 0 Å². The Kier molecular flexibility index (Phi) is 6.39. The second kappa shape index (κ2) is 9.28. The highest BCUT2D eigenvalue weighted by Crippen LogP contribution is 2.44. The maximum Gasteiger partial charge on any atom is 0.233 e. The van der Waals surface area contributed by atoms with Gasteiger partial charge in [-0.25, -0.2) is 0 Å². The number of aromatic nitrogens is 2. The molecule has 33 heavy (non-hydrogen) atoms. The predicted molar refractivity (Wildman–Crippen MR) is 130 cm³/mol. The van der Waals surface area contributed by atoms with Crippen LogP contribution >= 0.6 is 34.8 Å². The molecule has 1 saturated heterocycles. The third-order valence-electron chi connectivity index (χ3n) is 7.02. The van der Waals surface area contributed by atoms with Crippen molar-refractivity contribution < 1.29 is 9.32 Å². The molecule has 1 aromatic heterocycles. The van der Waals surface area contributed by atoms with Gasteiger partial charge in [-0.05, 0) is 55.5 Å². The number of hydrogen-bond donors (Lipinski definition) is 0. The molecule has 2 aliphatic rings. The van der Waals surface area contributed by atoms with Crippen LogP contribution < -0.4 is 0 Å². The molecule has 172 valence electrons. The Balaban J connectivity index is 1.30. The van der Waals surface area contributed by atoms with E-state index in [1.807, 2.05) is 29.2 Å². The lowest BCUT2D eigenvalue weighted by Crippen LogP contribution is -2.48. The maximum atomic E-state index is 13.7. The van der Waals surface area contributed by atoms with E-state index in [0.717, 1.165) is 44.1 Å². The van der Waals surface area contributed by atoms with Crippen molar-refractivity contribution in [2.75, 3.05) is 13.1 Å². The number of amides is 1. The maximum absolute atomic E-state index is 13.7. The van der Waals surface area contributed by atoms with Crippen molar-refractivity contribution in [1.29, 1.82) is 0 Å². The topological polar surface area (TPSA) is 59.2 Å². The Labute approximate surface area is 208 Å². The molecular weight excluding hydrogens is 481 g/mol. The first-order chi connectivity index (χ1) is 16.0. The molecule has 1 aliphatic heterocycles. The van der Waals surface area contributed by atoms with Gasteiger partial charge in [0.1, 0.15) is 0 Å². The van der Waals surface area contributed by atoms with E-state index >= 15 is 0 Å². The molecule has 0 N–H and O–H groups in total. The first-order valence-corrected chi connectivity index (χ1v) is 12.4. The Hall–Kier alpha value is -2.08. The second-order valence-corrected chi connectivity index (χ2v) is 10.2. The summed E-state index contributed by atoms with van der Waals surface area (Å²) in [7, 11) is 0. The smallest absolute Gasteiger partial charge is 0.233 e. The van der Waals surface area contributed by atoms with Crippen LogP contribution in [0.2, 0.25) is 15.1 Å². The fourth-order valence-corrected chi connectivity index (χ4v) is 5.91. The molecule has 5 rings (SSSR count). The van der Waals surface area contributed by atoms with Gasteiger partial charge in [-0.3, -0.25) is 4.79 Å². The van der Waals surface area contributed by atoms with Crippen LogP contribution in [0.25, 0.3) is 11.4 Å². The summed E-state index contributed by atoms with van der Waals surface area (Å²) in [5.41, 5.74) is 1.22. The van der Waals surface area contributed by atoms with E-state index in [4.69, 9.17) is 39.3 Å². The Morgan fingerprint density at radius 3 is 2.24 bits per heavy atom. The van der Waals surface area contributed by atoms with Gasteiger partial charge in [0.05, 0.1) is 21.0 Å². The van der Waals surface area contributed by atoms with Crippen molar-refractivity contribution in [3.05, 3.63) is 69.0 Å². The first kappa shape index (κ1) is 22.7. The lowest BCUT2D eigenvalue weighted by molar-refractivity contribution is -0.138. The minimum absolute atomic E-state index is 0.103. The second-order valence-electron chi connectivity index (χ2n) is 8.92. The molecule has 0 spiro atoms. The SMILES string of the molecule is O=C(N1CCC(c2nc(-c3c(Cl)cccc3Cl)no2)CC1)C1(c2ccc(Cl)cc2)CCCC1. The van der Waals surface area contributed by atoms with Crippen LogP contribution in [0.5, 0.6) is 0 Å². The lowest BCUT2D eigenvalue weighted by Gasteiger charge is -2.38. The minimum atomic E-state index is -0.435. The number of likely N-dealkylation sites (tertiary alicyclic amines) is 1. The number of carbonyl (C=O) groups excluding carboxylic acids is 1. The summed E-state index contributed by atoms with van der Waals surface area (Å²) in [6.07, 6.45) is 5.47. The monoisotopic (exact) mass is 503 g/mol. The van der Waals surface area contributed by atoms with Gasteiger partial charge >= 0.3 is 0 Å². The summed E-state index contributed by atoms with van der Waals surface area (Å²) in [5, 5.41) is 5.77. The van der Waals surface area contributed by atoms with E-state index in [0.29, 0.717) is 45.4 Å². The summed E-state index contributed by atoms with van der Waals surface area (Å²) >= 11 is 18.7. The first-order valence-electron chi connectivity index (χ1n) is 11.3. The van der Waals surface area contributed by atoms with E-state index < -0.39 is 5.41 Å². The number of hydrogen-bond acceptors (Lipinski definition) is 4. The molecule has 1 aliphatic carbocycles. The molecule has 0 bridgehead atoms. The van der Waals surface area contributed by atoms with Crippen LogP contribution in [-0.2, 0) is 10.2 Å². The summed E-state index contributed by atoms with van der Waals surface area (Å²) < 4.78 is 5.57.